The van der Waals surface area contributed by atoms with Gasteiger partial charge in [-0.2, -0.15) is 0 Å². The second-order valence-corrected chi connectivity index (χ2v) is 3.66. The maximum atomic E-state index is 2.13. The van der Waals surface area contributed by atoms with Crippen LogP contribution in [0.1, 0.15) is 25.0 Å². The molecule has 0 atom stereocenters. The van der Waals surface area contributed by atoms with E-state index in [9.17, 15) is 0 Å². The Morgan fingerprint density at radius 3 is 2.33 bits per heavy atom. The number of rotatable bonds is 3. The Labute approximate surface area is 92.6 Å². The molecule has 0 bridgehead atoms. The van der Waals surface area contributed by atoms with Crippen LogP contribution in [0.15, 0.2) is 54.1 Å². The molecule has 0 saturated heterocycles. The van der Waals surface area contributed by atoms with E-state index in [-0.39, 0.29) is 0 Å². The summed E-state index contributed by atoms with van der Waals surface area (Å²) in [5.74, 6) is 0. The maximum Gasteiger partial charge on any atom is -0.0256 e. The van der Waals surface area contributed by atoms with Crippen molar-refractivity contribution in [2.75, 3.05) is 0 Å². The van der Waals surface area contributed by atoms with E-state index in [0.29, 0.717) is 0 Å². The van der Waals surface area contributed by atoms with Crippen molar-refractivity contribution in [3.05, 3.63) is 65.3 Å². The minimum Gasteiger partial charge on any atom is -0.0847 e. The molecule has 0 aliphatic rings. The van der Waals surface area contributed by atoms with E-state index in [4.69, 9.17) is 0 Å². The van der Waals surface area contributed by atoms with Gasteiger partial charge in [-0.05, 0) is 26.3 Å². The first-order valence-corrected chi connectivity index (χ1v) is 5.26. The van der Waals surface area contributed by atoms with E-state index in [1.807, 2.05) is 6.92 Å². The second-order valence-electron chi connectivity index (χ2n) is 3.66. The van der Waals surface area contributed by atoms with Gasteiger partial charge in [-0.15, -0.1) is 0 Å². The van der Waals surface area contributed by atoms with Gasteiger partial charge in [-0.25, -0.2) is 0 Å². The molecule has 0 radical (unpaired) electrons. The van der Waals surface area contributed by atoms with Crippen LogP contribution in [0.2, 0.25) is 0 Å². The minimum absolute atomic E-state index is 1.24. The van der Waals surface area contributed by atoms with Crippen LogP contribution in [-0.4, -0.2) is 0 Å². The molecule has 78 valence electrons. The topological polar surface area (TPSA) is 0 Å². The smallest absolute Gasteiger partial charge is 0.0256 e. The molecule has 0 amide bonds. The molecule has 0 unspecified atom stereocenters. The van der Waals surface area contributed by atoms with Gasteiger partial charge in [0.15, 0.2) is 0 Å². The van der Waals surface area contributed by atoms with Crippen molar-refractivity contribution < 1.29 is 0 Å². The third-order valence-corrected chi connectivity index (χ3v) is 2.29. The third-order valence-electron chi connectivity index (χ3n) is 2.29. The van der Waals surface area contributed by atoms with E-state index >= 15 is 0 Å². The fraction of sp³-hybridized carbons (Fsp3) is 0.200. The molecular weight excluding hydrogens is 180 g/mol. The minimum atomic E-state index is 1.24. The molecule has 0 aromatic heterocycles. The lowest BCUT2D eigenvalue weighted by molar-refractivity contribution is 1.46. The van der Waals surface area contributed by atoms with Gasteiger partial charge in [0.25, 0.3) is 0 Å². The van der Waals surface area contributed by atoms with Crippen molar-refractivity contribution in [2.24, 2.45) is 0 Å². The van der Waals surface area contributed by atoms with Crippen molar-refractivity contribution in [1.29, 1.82) is 0 Å². The molecule has 0 saturated carbocycles. The zero-order valence-corrected chi connectivity index (χ0v) is 9.70. The maximum absolute atomic E-state index is 2.13. The van der Waals surface area contributed by atoms with E-state index < -0.39 is 0 Å². The highest BCUT2D eigenvalue weighted by Gasteiger charge is 1.84. The Hall–Kier alpha value is -1.56. The number of hydrogen-bond acceptors (Lipinski definition) is 0. The largest absolute Gasteiger partial charge is 0.0847 e. The standard InChI is InChI=1S/C15H18/c1-4-13(2)7-5-6-8-15-11-9-14(3)10-12-15/h4-12H,1-3H3/b7-5-,8-6+,13-4-. The predicted octanol–water partition coefficient (Wildman–Crippen LogP) is 4.53. The zero-order valence-electron chi connectivity index (χ0n) is 9.70. The zero-order chi connectivity index (χ0) is 11.1. The first kappa shape index (κ1) is 11.5. The van der Waals surface area contributed by atoms with Crippen molar-refractivity contribution in [3.8, 4) is 0 Å². The van der Waals surface area contributed by atoms with E-state index in [0.717, 1.165) is 0 Å². The van der Waals surface area contributed by atoms with Gasteiger partial charge in [0.05, 0.1) is 0 Å². The highest BCUT2D eigenvalue weighted by molar-refractivity contribution is 5.51. The third kappa shape index (κ3) is 4.46. The Bertz CT molecular complexity index is 375. The lowest BCUT2D eigenvalue weighted by Crippen LogP contribution is -1.72. The van der Waals surface area contributed by atoms with Gasteiger partial charge in [0.1, 0.15) is 0 Å². The summed E-state index contributed by atoms with van der Waals surface area (Å²) >= 11 is 0. The Morgan fingerprint density at radius 1 is 1.07 bits per heavy atom. The van der Waals surface area contributed by atoms with Gasteiger partial charge in [0.2, 0.25) is 0 Å². The van der Waals surface area contributed by atoms with Crippen LogP contribution in [0.5, 0.6) is 0 Å². The van der Waals surface area contributed by atoms with Crippen LogP contribution in [0.4, 0.5) is 0 Å². The number of hydrogen-bond donors (Lipinski definition) is 0. The first-order chi connectivity index (χ1) is 7.22. The quantitative estimate of drug-likeness (QED) is 0.626. The van der Waals surface area contributed by atoms with Crippen LogP contribution in [0.25, 0.3) is 6.08 Å². The first-order valence-electron chi connectivity index (χ1n) is 5.26. The molecule has 0 aliphatic carbocycles. The fourth-order valence-corrected chi connectivity index (χ4v) is 1.15. The predicted molar refractivity (Wildman–Crippen MR) is 68.8 cm³/mol. The van der Waals surface area contributed by atoms with E-state index in [1.54, 1.807) is 0 Å². The van der Waals surface area contributed by atoms with Crippen molar-refractivity contribution in [2.45, 2.75) is 20.8 Å². The number of allylic oxidation sites excluding steroid dienone is 5. The van der Waals surface area contributed by atoms with Crippen molar-refractivity contribution in [3.63, 3.8) is 0 Å². The average molecular weight is 198 g/mol. The lowest BCUT2D eigenvalue weighted by atomic mass is 10.1. The molecule has 0 fully saturated rings. The molecule has 0 heterocycles. The molecule has 1 rings (SSSR count). The highest BCUT2D eigenvalue weighted by Crippen LogP contribution is 2.05. The summed E-state index contributed by atoms with van der Waals surface area (Å²) in [5, 5.41) is 0. The van der Waals surface area contributed by atoms with Gasteiger partial charge in [-0.3, -0.25) is 0 Å². The average Bonchev–Trinajstić information content (AvgIpc) is 2.26. The molecule has 1 aromatic carbocycles. The van der Waals surface area contributed by atoms with Crippen LogP contribution >= 0.6 is 0 Å². The summed E-state index contributed by atoms with van der Waals surface area (Å²) in [4.78, 5) is 0. The second kappa shape index (κ2) is 6.02. The van der Waals surface area contributed by atoms with Gasteiger partial charge >= 0.3 is 0 Å². The Kier molecular flexibility index (Phi) is 4.62. The molecular formula is C15H18. The van der Waals surface area contributed by atoms with Crippen LogP contribution in [-0.2, 0) is 0 Å². The molecule has 0 aliphatic heterocycles. The molecule has 1 aromatic rings. The lowest BCUT2D eigenvalue weighted by Gasteiger charge is -1.93. The van der Waals surface area contributed by atoms with Crippen molar-refractivity contribution in [1.82, 2.24) is 0 Å². The van der Waals surface area contributed by atoms with Gasteiger partial charge in [0, 0.05) is 0 Å². The highest BCUT2D eigenvalue weighted by atomic mass is 13.9. The molecule has 0 spiro atoms. The SMILES string of the molecule is C\C=C(C)/C=C\C=C\c1ccc(C)cc1. The molecule has 0 nitrogen and oxygen atoms in total. The van der Waals surface area contributed by atoms with E-state index in [2.05, 4.69) is 68.5 Å². The van der Waals surface area contributed by atoms with Crippen LogP contribution < -0.4 is 0 Å². The molecule has 0 heteroatoms. The summed E-state index contributed by atoms with van der Waals surface area (Å²) in [7, 11) is 0. The summed E-state index contributed by atoms with van der Waals surface area (Å²) in [5.41, 5.74) is 3.82. The summed E-state index contributed by atoms with van der Waals surface area (Å²) < 4.78 is 0. The van der Waals surface area contributed by atoms with E-state index in [1.165, 1.54) is 16.7 Å². The number of aryl methyl sites for hydroxylation is 1. The van der Waals surface area contributed by atoms with Crippen LogP contribution in [0.3, 0.4) is 0 Å². The summed E-state index contributed by atoms with van der Waals surface area (Å²) in [6.07, 6.45) is 10.4. The summed E-state index contributed by atoms with van der Waals surface area (Å²) in [6, 6.07) is 8.51. The van der Waals surface area contributed by atoms with Gasteiger partial charge < -0.3 is 0 Å². The normalized spacial score (nSPS) is 12.9. The van der Waals surface area contributed by atoms with Crippen molar-refractivity contribution >= 4 is 6.08 Å². The monoisotopic (exact) mass is 198 g/mol. The Morgan fingerprint density at radius 2 is 1.73 bits per heavy atom. The summed E-state index contributed by atoms with van der Waals surface area (Å²) in [6.45, 7) is 6.24. The molecule has 15 heavy (non-hydrogen) atoms. The number of benzene rings is 1. The van der Waals surface area contributed by atoms with Crippen LogP contribution in [0, 0.1) is 6.92 Å². The van der Waals surface area contributed by atoms with Gasteiger partial charge in [-0.1, -0.05) is 65.8 Å². The molecule has 0 N–H and O–H groups in total. The Balaban J connectivity index is 2.59. The fourth-order valence-electron chi connectivity index (χ4n) is 1.15.